The molecule has 0 aliphatic carbocycles. The van der Waals surface area contributed by atoms with Crippen LogP contribution in [0.1, 0.15) is 17.5 Å². The minimum absolute atomic E-state index is 0.128. The number of pyridine rings is 1. The average Bonchev–Trinajstić information content (AvgIpc) is 3.23. The van der Waals surface area contributed by atoms with Crippen molar-refractivity contribution in [3.63, 3.8) is 0 Å². The number of hydrogen-bond donors (Lipinski definition) is 1. The maximum atomic E-state index is 12.9. The van der Waals surface area contributed by atoms with E-state index in [1.807, 2.05) is 24.3 Å². The standard InChI is InChI=1S/C26H29N3O2/c1-27-25(30)26(13-16-29(19-26)18-21-5-9-24(31-2)10-6-21)17-20-3-7-22(8-4-20)23-11-14-28-15-12-23/h3-12,14-15H,13,16-19H2,1-2H3,(H,27,30). The Kier molecular flexibility index (Phi) is 6.33. The Hall–Kier alpha value is -3.18. The molecule has 5 heteroatoms. The molecule has 1 saturated heterocycles. The molecular formula is C26H29N3O2. The second-order valence-electron chi connectivity index (χ2n) is 8.28. The number of carbonyl (C=O) groups is 1. The van der Waals surface area contributed by atoms with Crippen molar-refractivity contribution >= 4 is 5.91 Å². The molecule has 1 fully saturated rings. The molecule has 31 heavy (non-hydrogen) atoms. The molecule has 1 amide bonds. The highest BCUT2D eigenvalue weighted by Crippen LogP contribution is 2.36. The van der Waals surface area contributed by atoms with Gasteiger partial charge in [0.15, 0.2) is 0 Å². The van der Waals surface area contributed by atoms with Crippen molar-refractivity contribution in [1.82, 2.24) is 15.2 Å². The molecule has 1 unspecified atom stereocenters. The van der Waals surface area contributed by atoms with E-state index in [-0.39, 0.29) is 5.91 Å². The summed E-state index contributed by atoms with van der Waals surface area (Å²) in [7, 11) is 3.42. The van der Waals surface area contributed by atoms with Gasteiger partial charge in [-0.1, -0.05) is 36.4 Å². The summed E-state index contributed by atoms with van der Waals surface area (Å²) < 4.78 is 5.25. The third-order valence-corrected chi connectivity index (χ3v) is 6.22. The first-order valence-electron chi connectivity index (χ1n) is 10.7. The number of methoxy groups -OCH3 is 1. The van der Waals surface area contributed by atoms with Crippen molar-refractivity contribution in [3.8, 4) is 16.9 Å². The highest BCUT2D eigenvalue weighted by atomic mass is 16.5. The van der Waals surface area contributed by atoms with Crippen molar-refractivity contribution in [2.24, 2.45) is 5.41 Å². The number of aromatic nitrogens is 1. The van der Waals surface area contributed by atoms with Crippen LogP contribution in [0.5, 0.6) is 5.75 Å². The zero-order valence-corrected chi connectivity index (χ0v) is 18.2. The number of amides is 1. The maximum absolute atomic E-state index is 12.9. The van der Waals surface area contributed by atoms with Crippen LogP contribution < -0.4 is 10.1 Å². The fourth-order valence-electron chi connectivity index (χ4n) is 4.51. The Bertz CT molecular complexity index is 1000. The number of nitrogens with zero attached hydrogens (tertiary/aromatic N) is 2. The van der Waals surface area contributed by atoms with Crippen molar-refractivity contribution < 1.29 is 9.53 Å². The zero-order chi connectivity index (χ0) is 21.7. The molecule has 4 rings (SSSR count). The van der Waals surface area contributed by atoms with Gasteiger partial charge in [0.05, 0.1) is 12.5 Å². The Morgan fingerprint density at radius 3 is 2.29 bits per heavy atom. The van der Waals surface area contributed by atoms with Gasteiger partial charge in [-0.05, 0) is 65.9 Å². The molecule has 2 aromatic carbocycles. The molecule has 1 aliphatic heterocycles. The van der Waals surface area contributed by atoms with Gasteiger partial charge in [0, 0.05) is 32.5 Å². The molecule has 2 heterocycles. The van der Waals surface area contributed by atoms with E-state index in [0.717, 1.165) is 49.4 Å². The van der Waals surface area contributed by atoms with Crippen LogP contribution in [0.15, 0.2) is 73.1 Å². The summed E-state index contributed by atoms with van der Waals surface area (Å²) in [6, 6.07) is 20.7. The average molecular weight is 416 g/mol. The van der Waals surface area contributed by atoms with Crippen LogP contribution in [0, 0.1) is 5.41 Å². The summed E-state index contributed by atoms with van der Waals surface area (Å²) in [6.45, 7) is 2.50. The number of rotatable bonds is 7. The van der Waals surface area contributed by atoms with Gasteiger partial charge in [0.25, 0.3) is 0 Å². The van der Waals surface area contributed by atoms with E-state index in [2.05, 4.69) is 51.6 Å². The molecule has 1 aliphatic rings. The Balaban J connectivity index is 1.47. The lowest BCUT2D eigenvalue weighted by atomic mass is 9.79. The monoisotopic (exact) mass is 415 g/mol. The van der Waals surface area contributed by atoms with Crippen LogP contribution in [0.25, 0.3) is 11.1 Å². The van der Waals surface area contributed by atoms with Crippen molar-refractivity contribution in [3.05, 3.63) is 84.2 Å². The summed E-state index contributed by atoms with van der Waals surface area (Å²) in [5.74, 6) is 0.989. The number of ether oxygens (including phenoxy) is 1. The van der Waals surface area contributed by atoms with Crippen molar-refractivity contribution in [2.45, 2.75) is 19.4 Å². The molecule has 1 aromatic heterocycles. The zero-order valence-electron chi connectivity index (χ0n) is 18.2. The summed E-state index contributed by atoms with van der Waals surface area (Å²) in [5, 5.41) is 2.92. The largest absolute Gasteiger partial charge is 0.497 e. The second-order valence-corrected chi connectivity index (χ2v) is 8.28. The van der Waals surface area contributed by atoms with Crippen LogP contribution in [-0.2, 0) is 17.8 Å². The quantitative estimate of drug-likeness (QED) is 0.635. The van der Waals surface area contributed by atoms with E-state index in [1.165, 1.54) is 11.1 Å². The minimum atomic E-state index is -0.403. The predicted octanol–water partition coefficient (Wildman–Crippen LogP) is 3.94. The second kappa shape index (κ2) is 9.31. The molecule has 0 spiro atoms. The predicted molar refractivity (Wildman–Crippen MR) is 123 cm³/mol. The summed E-state index contributed by atoms with van der Waals surface area (Å²) in [4.78, 5) is 19.4. The Morgan fingerprint density at radius 2 is 1.65 bits per heavy atom. The number of hydrogen-bond acceptors (Lipinski definition) is 4. The van der Waals surface area contributed by atoms with Crippen LogP contribution in [-0.4, -0.2) is 43.0 Å². The first-order chi connectivity index (χ1) is 15.1. The van der Waals surface area contributed by atoms with E-state index in [0.29, 0.717) is 0 Å². The van der Waals surface area contributed by atoms with E-state index >= 15 is 0 Å². The van der Waals surface area contributed by atoms with Gasteiger partial charge in [-0.2, -0.15) is 0 Å². The topological polar surface area (TPSA) is 54.5 Å². The summed E-state index contributed by atoms with van der Waals surface area (Å²) in [6.07, 6.45) is 5.21. The van der Waals surface area contributed by atoms with Gasteiger partial charge in [-0.3, -0.25) is 14.7 Å². The van der Waals surface area contributed by atoms with Crippen LogP contribution in [0.2, 0.25) is 0 Å². The van der Waals surface area contributed by atoms with Crippen LogP contribution >= 0.6 is 0 Å². The Labute approximate surface area is 184 Å². The first kappa shape index (κ1) is 21.1. The van der Waals surface area contributed by atoms with Gasteiger partial charge in [0.2, 0.25) is 5.91 Å². The van der Waals surface area contributed by atoms with Crippen molar-refractivity contribution in [2.75, 3.05) is 27.2 Å². The van der Waals surface area contributed by atoms with Gasteiger partial charge in [-0.25, -0.2) is 0 Å². The maximum Gasteiger partial charge on any atom is 0.227 e. The van der Waals surface area contributed by atoms with Gasteiger partial charge in [-0.15, -0.1) is 0 Å². The van der Waals surface area contributed by atoms with E-state index in [1.54, 1.807) is 26.6 Å². The summed E-state index contributed by atoms with van der Waals surface area (Å²) in [5.41, 5.74) is 4.32. The van der Waals surface area contributed by atoms with Gasteiger partial charge >= 0.3 is 0 Å². The van der Waals surface area contributed by atoms with Crippen molar-refractivity contribution in [1.29, 1.82) is 0 Å². The lowest BCUT2D eigenvalue weighted by Crippen LogP contribution is -2.43. The molecule has 0 bridgehead atoms. The third-order valence-electron chi connectivity index (χ3n) is 6.22. The molecular weight excluding hydrogens is 386 g/mol. The highest BCUT2D eigenvalue weighted by molar-refractivity contribution is 5.83. The highest BCUT2D eigenvalue weighted by Gasteiger charge is 2.44. The first-order valence-corrected chi connectivity index (χ1v) is 10.7. The minimum Gasteiger partial charge on any atom is -0.497 e. The fraction of sp³-hybridized carbons (Fsp3) is 0.308. The molecule has 1 N–H and O–H groups in total. The summed E-state index contributed by atoms with van der Waals surface area (Å²) >= 11 is 0. The molecule has 160 valence electrons. The number of benzene rings is 2. The molecule has 0 radical (unpaired) electrons. The SMILES string of the molecule is CNC(=O)C1(Cc2ccc(-c3ccncc3)cc2)CCN(Cc2ccc(OC)cc2)C1. The molecule has 3 aromatic rings. The number of carbonyl (C=O) groups excluding carboxylic acids is 1. The van der Waals surface area contributed by atoms with Gasteiger partial charge < -0.3 is 10.1 Å². The van der Waals surface area contributed by atoms with Gasteiger partial charge in [0.1, 0.15) is 5.75 Å². The lowest BCUT2D eigenvalue weighted by molar-refractivity contribution is -0.130. The number of nitrogens with one attached hydrogen (secondary N) is 1. The van der Waals surface area contributed by atoms with E-state index in [9.17, 15) is 4.79 Å². The number of likely N-dealkylation sites (tertiary alicyclic amines) is 1. The van der Waals surface area contributed by atoms with E-state index < -0.39 is 5.41 Å². The normalized spacial score (nSPS) is 18.6. The molecule has 1 atom stereocenters. The molecule has 0 saturated carbocycles. The van der Waals surface area contributed by atoms with E-state index in [4.69, 9.17) is 4.74 Å². The Morgan fingerprint density at radius 1 is 1.00 bits per heavy atom. The van der Waals surface area contributed by atoms with Crippen LogP contribution in [0.4, 0.5) is 0 Å². The molecule has 5 nitrogen and oxygen atoms in total. The third kappa shape index (κ3) is 4.78. The smallest absolute Gasteiger partial charge is 0.227 e. The van der Waals surface area contributed by atoms with Crippen LogP contribution in [0.3, 0.4) is 0 Å². The lowest BCUT2D eigenvalue weighted by Gasteiger charge is -2.28. The fourth-order valence-corrected chi connectivity index (χ4v) is 4.51.